The summed E-state index contributed by atoms with van der Waals surface area (Å²) in [6.07, 6.45) is 6.78. The lowest BCUT2D eigenvalue weighted by Crippen LogP contribution is -2.40. The van der Waals surface area contributed by atoms with Crippen LogP contribution in [0.4, 0.5) is 0 Å². The van der Waals surface area contributed by atoms with E-state index in [1.807, 2.05) is 0 Å². The van der Waals surface area contributed by atoms with Crippen LogP contribution in [0.1, 0.15) is 38.5 Å². The van der Waals surface area contributed by atoms with Crippen LogP contribution in [0, 0.1) is 17.8 Å². The van der Waals surface area contributed by atoms with Gasteiger partial charge in [-0.05, 0) is 44.1 Å². The molecule has 18 heavy (non-hydrogen) atoms. The van der Waals surface area contributed by atoms with Gasteiger partial charge in [0, 0.05) is 25.7 Å². The zero-order valence-corrected chi connectivity index (χ0v) is 11.2. The quantitative estimate of drug-likeness (QED) is 0.794. The van der Waals surface area contributed by atoms with Crippen molar-refractivity contribution in [3.8, 4) is 0 Å². The summed E-state index contributed by atoms with van der Waals surface area (Å²) in [7, 11) is 0. The van der Waals surface area contributed by atoms with Gasteiger partial charge in [-0.1, -0.05) is 12.8 Å². The number of nitrogens with one attached hydrogen (secondary N) is 1. The van der Waals surface area contributed by atoms with E-state index in [1.165, 1.54) is 25.7 Å². The summed E-state index contributed by atoms with van der Waals surface area (Å²) >= 11 is 0. The van der Waals surface area contributed by atoms with Crippen molar-refractivity contribution in [2.75, 3.05) is 26.3 Å². The van der Waals surface area contributed by atoms with Crippen molar-refractivity contribution in [1.82, 2.24) is 5.32 Å². The fourth-order valence-electron chi connectivity index (χ4n) is 3.20. The topological polar surface area (TPSA) is 64.3 Å². The maximum atomic E-state index is 12.0. The van der Waals surface area contributed by atoms with Gasteiger partial charge >= 0.3 is 0 Å². The first-order valence-electron chi connectivity index (χ1n) is 7.36. The van der Waals surface area contributed by atoms with Crippen molar-refractivity contribution in [3.05, 3.63) is 0 Å². The van der Waals surface area contributed by atoms with Gasteiger partial charge in [0.05, 0.1) is 0 Å². The Hall–Kier alpha value is -0.610. The van der Waals surface area contributed by atoms with Gasteiger partial charge in [-0.3, -0.25) is 4.79 Å². The molecule has 0 spiro atoms. The predicted octanol–water partition coefficient (Wildman–Crippen LogP) is 1.29. The Balaban J connectivity index is 1.73. The van der Waals surface area contributed by atoms with E-state index in [9.17, 15) is 4.79 Å². The molecule has 2 rings (SSSR count). The molecule has 104 valence electrons. The molecule has 0 bridgehead atoms. The minimum absolute atomic E-state index is 0.165. The summed E-state index contributed by atoms with van der Waals surface area (Å²) in [6.45, 7) is 3.04. The van der Waals surface area contributed by atoms with Crippen molar-refractivity contribution in [3.63, 3.8) is 0 Å². The summed E-state index contributed by atoms with van der Waals surface area (Å²) < 4.78 is 5.28. The third kappa shape index (κ3) is 3.69. The lowest BCUT2D eigenvalue weighted by atomic mass is 9.79. The average Bonchev–Trinajstić information content (AvgIpc) is 2.46. The van der Waals surface area contributed by atoms with Gasteiger partial charge in [-0.2, -0.15) is 0 Å². The molecule has 4 nitrogen and oxygen atoms in total. The number of hydrogen-bond donors (Lipinski definition) is 2. The second-order valence-electron chi connectivity index (χ2n) is 5.67. The van der Waals surface area contributed by atoms with Crippen LogP contribution in [0.15, 0.2) is 0 Å². The molecular formula is C14H26N2O2. The van der Waals surface area contributed by atoms with E-state index in [1.54, 1.807) is 0 Å². The number of nitrogens with two attached hydrogens (primary N) is 1. The Labute approximate surface area is 110 Å². The molecule has 2 unspecified atom stereocenters. The van der Waals surface area contributed by atoms with Crippen molar-refractivity contribution < 1.29 is 9.53 Å². The summed E-state index contributed by atoms with van der Waals surface area (Å²) in [5.41, 5.74) is 5.81. The second-order valence-corrected chi connectivity index (χ2v) is 5.67. The molecule has 2 aliphatic rings. The smallest absolute Gasteiger partial charge is 0.223 e. The zero-order valence-electron chi connectivity index (χ0n) is 11.2. The van der Waals surface area contributed by atoms with Crippen LogP contribution >= 0.6 is 0 Å². The monoisotopic (exact) mass is 254 g/mol. The number of rotatable bonds is 4. The number of ether oxygens (including phenoxy) is 1. The van der Waals surface area contributed by atoms with Crippen LogP contribution in [0.25, 0.3) is 0 Å². The van der Waals surface area contributed by atoms with Gasteiger partial charge in [-0.15, -0.1) is 0 Å². The van der Waals surface area contributed by atoms with Crippen LogP contribution in [0.3, 0.4) is 0 Å². The molecule has 1 aliphatic carbocycles. The summed E-state index contributed by atoms with van der Waals surface area (Å²) in [4.78, 5) is 12.0. The summed E-state index contributed by atoms with van der Waals surface area (Å²) in [6, 6.07) is 0. The highest BCUT2D eigenvalue weighted by molar-refractivity contribution is 5.78. The highest BCUT2D eigenvalue weighted by atomic mass is 16.5. The molecule has 1 aliphatic heterocycles. The van der Waals surface area contributed by atoms with E-state index < -0.39 is 0 Å². The van der Waals surface area contributed by atoms with Crippen molar-refractivity contribution in [2.45, 2.75) is 38.5 Å². The van der Waals surface area contributed by atoms with Gasteiger partial charge in [0.15, 0.2) is 0 Å². The molecule has 1 amide bonds. The van der Waals surface area contributed by atoms with Crippen LogP contribution in [-0.4, -0.2) is 32.2 Å². The van der Waals surface area contributed by atoms with E-state index in [0.29, 0.717) is 11.8 Å². The molecule has 0 aromatic heterocycles. The number of amides is 1. The molecule has 1 saturated carbocycles. The largest absolute Gasteiger partial charge is 0.381 e. The highest BCUT2D eigenvalue weighted by Gasteiger charge is 2.26. The van der Waals surface area contributed by atoms with Gasteiger partial charge in [-0.25, -0.2) is 0 Å². The molecule has 3 N–H and O–H groups in total. The SMILES string of the molecule is NCC1CCCCC1CNC(=O)C1CCOCC1. The van der Waals surface area contributed by atoms with Gasteiger partial charge in [0.1, 0.15) is 0 Å². The number of carbonyl (C=O) groups is 1. The first kappa shape index (κ1) is 13.8. The van der Waals surface area contributed by atoms with Crippen LogP contribution in [0.2, 0.25) is 0 Å². The molecular weight excluding hydrogens is 228 g/mol. The van der Waals surface area contributed by atoms with E-state index in [-0.39, 0.29) is 11.8 Å². The lowest BCUT2D eigenvalue weighted by molar-refractivity contribution is -0.128. The minimum atomic E-state index is 0.165. The van der Waals surface area contributed by atoms with E-state index >= 15 is 0 Å². The fourth-order valence-corrected chi connectivity index (χ4v) is 3.20. The van der Waals surface area contributed by atoms with Gasteiger partial charge in [0.25, 0.3) is 0 Å². The first-order valence-corrected chi connectivity index (χ1v) is 7.36. The molecule has 2 fully saturated rings. The minimum Gasteiger partial charge on any atom is -0.381 e. The molecule has 0 radical (unpaired) electrons. The van der Waals surface area contributed by atoms with Gasteiger partial charge in [0.2, 0.25) is 5.91 Å². The molecule has 1 saturated heterocycles. The molecule has 1 heterocycles. The molecule has 0 aromatic rings. The standard InChI is InChI=1S/C14H26N2O2/c15-9-12-3-1-2-4-13(12)10-16-14(17)11-5-7-18-8-6-11/h11-13H,1-10,15H2,(H,16,17). The molecule has 0 aromatic carbocycles. The maximum absolute atomic E-state index is 12.0. The first-order chi connectivity index (χ1) is 8.81. The number of hydrogen-bond acceptors (Lipinski definition) is 3. The summed E-state index contributed by atoms with van der Waals surface area (Å²) in [5.74, 6) is 1.58. The fraction of sp³-hybridized carbons (Fsp3) is 0.929. The molecule has 4 heteroatoms. The Morgan fingerprint density at radius 2 is 1.78 bits per heavy atom. The normalized spacial score (nSPS) is 30.1. The maximum Gasteiger partial charge on any atom is 0.223 e. The third-order valence-corrected chi connectivity index (χ3v) is 4.50. The van der Waals surface area contributed by atoms with Crippen molar-refractivity contribution >= 4 is 5.91 Å². The second kappa shape index (κ2) is 7.10. The Kier molecular flexibility index (Phi) is 5.45. The van der Waals surface area contributed by atoms with Crippen molar-refractivity contribution in [1.29, 1.82) is 0 Å². The summed E-state index contributed by atoms with van der Waals surface area (Å²) in [5, 5.41) is 3.14. The zero-order chi connectivity index (χ0) is 12.8. The highest BCUT2D eigenvalue weighted by Crippen LogP contribution is 2.28. The Morgan fingerprint density at radius 3 is 2.44 bits per heavy atom. The van der Waals surface area contributed by atoms with Crippen LogP contribution in [-0.2, 0) is 9.53 Å². The average molecular weight is 254 g/mol. The van der Waals surface area contributed by atoms with E-state index in [0.717, 1.165) is 39.1 Å². The van der Waals surface area contributed by atoms with E-state index in [4.69, 9.17) is 10.5 Å². The van der Waals surface area contributed by atoms with Crippen LogP contribution in [0.5, 0.6) is 0 Å². The number of carbonyl (C=O) groups excluding carboxylic acids is 1. The van der Waals surface area contributed by atoms with E-state index in [2.05, 4.69) is 5.32 Å². The lowest BCUT2D eigenvalue weighted by Gasteiger charge is -2.31. The Bertz CT molecular complexity index is 265. The van der Waals surface area contributed by atoms with Crippen molar-refractivity contribution in [2.24, 2.45) is 23.5 Å². The van der Waals surface area contributed by atoms with Gasteiger partial charge < -0.3 is 15.8 Å². The Morgan fingerprint density at radius 1 is 1.11 bits per heavy atom. The molecule has 2 atom stereocenters. The van der Waals surface area contributed by atoms with Crippen LogP contribution < -0.4 is 11.1 Å². The predicted molar refractivity (Wildman–Crippen MR) is 71.1 cm³/mol. The third-order valence-electron chi connectivity index (χ3n) is 4.50.